The number of carbonyl (C=O) groups is 1. The summed E-state index contributed by atoms with van der Waals surface area (Å²) in [7, 11) is 0. The molecule has 0 aliphatic carbocycles. The molecule has 1 N–H and O–H groups in total. The van der Waals surface area contributed by atoms with Crippen molar-refractivity contribution in [3.8, 4) is 6.19 Å². The molecule has 0 unspecified atom stereocenters. The predicted molar refractivity (Wildman–Crippen MR) is 54.8 cm³/mol. The number of carbonyl (C=O) groups excluding carboxylic acids is 1. The van der Waals surface area contributed by atoms with Crippen molar-refractivity contribution in [1.29, 1.82) is 5.26 Å². The molecule has 0 aromatic carbocycles. The van der Waals surface area contributed by atoms with Crippen LogP contribution in [0.4, 0.5) is 0 Å². The summed E-state index contributed by atoms with van der Waals surface area (Å²) in [6.45, 7) is 0. The summed E-state index contributed by atoms with van der Waals surface area (Å²) in [5.74, 6) is -0.410. The molecule has 0 aliphatic rings. The lowest BCUT2D eigenvalue weighted by atomic mass is 10.4. The molecule has 0 fully saturated rings. The average molecular weight is 257 g/mol. The Hall–Kier alpha value is -1.12. The Bertz CT molecular complexity index is 378. The van der Waals surface area contributed by atoms with E-state index >= 15 is 0 Å². The van der Waals surface area contributed by atoms with E-state index in [2.05, 4.69) is 15.9 Å². The predicted octanol–water partition coefficient (Wildman–Crippen LogP) is 2.12. The number of hydrogen-bond acceptors (Lipinski definition) is 3. The van der Waals surface area contributed by atoms with E-state index in [1.54, 1.807) is 12.3 Å². The molecular formula is C8H5BrN2OS. The molecule has 66 valence electrons. The van der Waals surface area contributed by atoms with Gasteiger partial charge >= 0.3 is 0 Å². The van der Waals surface area contributed by atoms with E-state index in [-0.39, 0.29) is 0 Å². The van der Waals surface area contributed by atoms with E-state index in [0.29, 0.717) is 0 Å². The van der Waals surface area contributed by atoms with Crippen molar-refractivity contribution >= 4 is 39.2 Å². The van der Waals surface area contributed by atoms with Crippen molar-refractivity contribution in [3.63, 3.8) is 0 Å². The SMILES string of the molecule is N#CNC(=O)C=Cc1ccc(Br)s1. The van der Waals surface area contributed by atoms with Gasteiger partial charge in [0.25, 0.3) is 5.91 Å². The van der Waals surface area contributed by atoms with Crippen LogP contribution in [0.2, 0.25) is 0 Å². The minimum absolute atomic E-state index is 0.410. The van der Waals surface area contributed by atoms with Crippen molar-refractivity contribution in [3.05, 3.63) is 26.9 Å². The lowest BCUT2D eigenvalue weighted by molar-refractivity contribution is -0.115. The fourth-order valence-electron chi connectivity index (χ4n) is 0.672. The highest BCUT2D eigenvalue weighted by atomic mass is 79.9. The van der Waals surface area contributed by atoms with Crippen LogP contribution in [-0.2, 0) is 4.79 Å². The van der Waals surface area contributed by atoms with Gasteiger partial charge in [0.15, 0.2) is 6.19 Å². The van der Waals surface area contributed by atoms with Crippen molar-refractivity contribution in [2.75, 3.05) is 0 Å². The summed E-state index contributed by atoms with van der Waals surface area (Å²) in [6.07, 6.45) is 4.53. The van der Waals surface area contributed by atoms with Crippen LogP contribution >= 0.6 is 27.3 Å². The standard InChI is InChI=1S/C8H5BrN2OS/c9-7-3-1-6(13-7)2-4-8(12)11-5-10/h1-4H,(H,11,12). The summed E-state index contributed by atoms with van der Waals surface area (Å²) >= 11 is 4.82. The van der Waals surface area contributed by atoms with Gasteiger partial charge in [-0.25, -0.2) is 0 Å². The molecular weight excluding hydrogens is 252 g/mol. The normalized spacial score (nSPS) is 9.85. The Morgan fingerprint density at radius 3 is 3.00 bits per heavy atom. The molecule has 0 aliphatic heterocycles. The molecule has 1 aromatic rings. The first-order valence-corrected chi connectivity index (χ1v) is 4.96. The molecule has 0 radical (unpaired) electrons. The van der Waals surface area contributed by atoms with Gasteiger partial charge < -0.3 is 0 Å². The van der Waals surface area contributed by atoms with Gasteiger partial charge in [0.2, 0.25) is 0 Å². The van der Waals surface area contributed by atoms with Crippen LogP contribution in [-0.4, -0.2) is 5.91 Å². The van der Waals surface area contributed by atoms with Gasteiger partial charge in [-0.3, -0.25) is 10.1 Å². The monoisotopic (exact) mass is 256 g/mol. The molecule has 0 bridgehead atoms. The summed E-state index contributed by atoms with van der Waals surface area (Å²) in [4.78, 5) is 11.8. The lowest BCUT2D eigenvalue weighted by Gasteiger charge is -1.85. The number of nitrogens with one attached hydrogen (secondary N) is 1. The number of hydrogen-bond donors (Lipinski definition) is 1. The highest BCUT2D eigenvalue weighted by Crippen LogP contribution is 2.22. The summed E-state index contributed by atoms with van der Waals surface area (Å²) < 4.78 is 1.01. The number of rotatable bonds is 2. The summed E-state index contributed by atoms with van der Waals surface area (Å²) in [5.41, 5.74) is 0. The number of nitrogens with zero attached hydrogens (tertiary/aromatic N) is 1. The zero-order valence-corrected chi connectivity index (χ0v) is 8.85. The maximum Gasteiger partial charge on any atom is 0.257 e. The lowest BCUT2D eigenvalue weighted by Crippen LogP contribution is -2.13. The second kappa shape index (κ2) is 4.80. The van der Waals surface area contributed by atoms with Gasteiger partial charge in [-0.2, -0.15) is 5.26 Å². The maximum absolute atomic E-state index is 10.8. The highest BCUT2D eigenvalue weighted by Gasteiger charge is 1.94. The molecule has 5 heteroatoms. The number of amides is 1. The quantitative estimate of drug-likeness (QED) is 0.501. The van der Waals surface area contributed by atoms with Gasteiger partial charge in [-0.05, 0) is 34.1 Å². The first kappa shape index (κ1) is 9.96. The van der Waals surface area contributed by atoms with E-state index in [0.717, 1.165) is 8.66 Å². The second-order valence-electron chi connectivity index (χ2n) is 2.08. The van der Waals surface area contributed by atoms with E-state index in [1.165, 1.54) is 17.4 Å². The zero-order valence-electron chi connectivity index (χ0n) is 6.45. The summed E-state index contributed by atoms with van der Waals surface area (Å²) in [6, 6.07) is 3.78. The third-order valence-electron chi connectivity index (χ3n) is 1.17. The van der Waals surface area contributed by atoms with Gasteiger partial charge in [0.1, 0.15) is 0 Å². The Morgan fingerprint density at radius 1 is 1.69 bits per heavy atom. The molecule has 0 saturated carbocycles. The molecule has 1 amide bonds. The molecule has 1 aromatic heterocycles. The Kier molecular flexibility index (Phi) is 3.68. The Labute approximate surface area is 87.8 Å². The molecule has 13 heavy (non-hydrogen) atoms. The molecule has 1 heterocycles. The largest absolute Gasteiger partial charge is 0.269 e. The van der Waals surface area contributed by atoms with Crippen LogP contribution in [0.25, 0.3) is 6.08 Å². The van der Waals surface area contributed by atoms with Crippen molar-refractivity contribution in [2.45, 2.75) is 0 Å². The first-order chi connectivity index (χ1) is 6.22. The minimum Gasteiger partial charge on any atom is -0.269 e. The fraction of sp³-hybridized carbons (Fsp3) is 0. The van der Waals surface area contributed by atoms with E-state index in [4.69, 9.17) is 5.26 Å². The van der Waals surface area contributed by atoms with E-state index in [9.17, 15) is 4.79 Å². The molecule has 3 nitrogen and oxygen atoms in total. The maximum atomic E-state index is 10.8. The van der Waals surface area contributed by atoms with Gasteiger partial charge in [0, 0.05) is 11.0 Å². The highest BCUT2D eigenvalue weighted by molar-refractivity contribution is 9.11. The molecule has 0 atom stereocenters. The molecule has 0 saturated heterocycles. The molecule has 1 rings (SSSR count). The Morgan fingerprint density at radius 2 is 2.46 bits per heavy atom. The summed E-state index contributed by atoms with van der Waals surface area (Å²) in [5, 5.41) is 10.1. The number of halogens is 1. The fourth-order valence-corrected chi connectivity index (χ4v) is 2.00. The van der Waals surface area contributed by atoms with Crippen LogP contribution < -0.4 is 5.32 Å². The van der Waals surface area contributed by atoms with Crippen molar-refractivity contribution in [2.24, 2.45) is 0 Å². The zero-order chi connectivity index (χ0) is 9.68. The van der Waals surface area contributed by atoms with Crippen LogP contribution in [0, 0.1) is 11.5 Å². The molecule has 0 spiro atoms. The third-order valence-corrected chi connectivity index (χ3v) is 2.76. The first-order valence-electron chi connectivity index (χ1n) is 3.35. The smallest absolute Gasteiger partial charge is 0.257 e. The van der Waals surface area contributed by atoms with Gasteiger partial charge in [-0.1, -0.05) is 0 Å². The van der Waals surface area contributed by atoms with E-state index < -0.39 is 5.91 Å². The van der Waals surface area contributed by atoms with Crippen molar-refractivity contribution < 1.29 is 4.79 Å². The van der Waals surface area contributed by atoms with Gasteiger partial charge in [-0.15, -0.1) is 11.3 Å². The van der Waals surface area contributed by atoms with Crippen LogP contribution in [0.15, 0.2) is 22.0 Å². The average Bonchev–Trinajstić information content (AvgIpc) is 2.49. The number of thiophene rings is 1. The van der Waals surface area contributed by atoms with Crippen LogP contribution in [0.5, 0.6) is 0 Å². The topological polar surface area (TPSA) is 52.9 Å². The minimum atomic E-state index is -0.410. The number of nitriles is 1. The third kappa shape index (κ3) is 3.40. The second-order valence-corrected chi connectivity index (χ2v) is 4.57. The van der Waals surface area contributed by atoms with Crippen LogP contribution in [0.1, 0.15) is 4.88 Å². The Balaban J connectivity index is 2.59. The van der Waals surface area contributed by atoms with E-state index in [1.807, 2.05) is 17.4 Å². The van der Waals surface area contributed by atoms with Crippen molar-refractivity contribution in [1.82, 2.24) is 5.32 Å². The van der Waals surface area contributed by atoms with Gasteiger partial charge in [0.05, 0.1) is 3.79 Å². The van der Waals surface area contributed by atoms with Crippen LogP contribution in [0.3, 0.4) is 0 Å².